The third kappa shape index (κ3) is 10.3. The van der Waals surface area contributed by atoms with Gasteiger partial charge in [0.1, 0.15) is 23.6 Å². The van der Waals surface area contributed by atoms with Gasteiger partial charge in [0, 0.05) is 11.4 Å². The molecule has 2 N–H and O–H groups in total. The molecule has 3 rings (SSSR count). The van der Waals surface area contributed by atoms with Crippen molar-refractivity contribution in [2.24, 2.45) is 9.98 Å². The van der Waals surface area contributed by atoms with Gasteiger partial charge in [-0.2, -0.15) is 4.98 Å². The molecule has 0 saturated carbocycles. The van der Waals surface area contributed by atoms with E-state index in [1.54, 1.807) is 90.1 Å². The van der Waals surface area contributed by atoms with Crippen LogP contribution < -0.4 is 10.6 Å². The van der Waals surface area contributed by atoms with E-state index in [1.165, 1.54) is 0 Å². The molecule has 11 heteroatoms. The summed E-state index contributed by atoms with van der Waals surface area (Å²) in [6.07, 6.45) is 3.22. The standard InChI is InChI=1S/C28H31FN6O4/c1-27(2,3)38-23(36)16-30-18-9-7-11-20(13-18)33-25-22(29)15-32-26(35-25)34-21-12-8-10-19(14-21)31-17-24(37)39-28(4,5)6/h7-17H,1-6H3,(H2,32,33,34,35)/b30-16+,31-17+. The van der Waals surface area contributed by atoms with Gasteiger partial charge in [0.2, 0.25) is 5.95 Å². The van der Waals surface area contributed by atoms with Crippen LogP contribution in [0.4, 0.5) is 38.9 Å². The molecule has 3 aromatic rings. The number of benzene rings is 2. The zero-order valence-electron chi connectivity index (χ0n) is 22.7. The second-order valence-corrected chi connectivity index (χ2v) is 10.3. The molecule has 2 aromatic carbocycles. The number of ether oxygens (including phenoxy) is 2. The molecule has 0 aliphatic rings. The van der Waals surface area contributed by atoms with Gasteiger partial charge in [-0.1, -0.05) is 12.1 Å². The number of carbonyl (C=O) groups is 2. The highest BCUT2D eigenvalue weighted by molar-refractivity contribution is 6.24. The lowest BCUT2D eigenvalue weighted by Gasteiger charge is -2.17. The Hall–Kier alpha value is -4.67. The van der Waals surface area contributed by atoms with Gasteiger partial charge in [0.15, 0.2) is 11.6 Å². The third-order valence-electron chi connectivity index (χ3n) is 4.41. The van der Waals surface area contributed by atoms with Gasteiger partial charge in [-0.3, -0.25) is 0 Å². The second kappa shape index (κ2) is 12.2. The smallest absolute Gasteiger partial charge is 0.349 e. The van der Waals surface area contributed by atoms with Gasteiger partial charge in [-0.05, 0) is 77.9 Å². The monoisotopic (exact) mass is 534 g/mol. The van der Waals surface area contributed by atoms with Crippen molar-refractivity contribution >= 4 is 58.9 Å². The first-order valence-corrected chi connectivity index (χ1v) is 12.1. The van der Waals surface area contributed by atoms with E-state index in [2.05, 4.69) is 30.6 Å². The molecule has 0 atom stereocenters. The Kier molecular flexibility index (Phi) is 9.08. The number of aromatic nitrogens is 2. The Balaban J connectivity index is 1.70. The van der Waals surface area contributed by atoms with E-state index >= 15 is 0 Å². The highest BCUT2D eigenvalue weighted by atomic mass is 19.1. The number of anilines is 4. The Morgan fingerprint density at radius 2 is 1.31 bits per heavy atom. The lowest BCUT2D eigenvalue weighted by atomic mass is 10.2. The van der Waals surface area contributed by atoms with Crippen LogP contribution in [0.25, 0.3) is 0 Å². The van der Waals surface area contributed by atoms with Crippen LogP contribution in [0.5, 0.6) is 0 Å². The van der Waals surface area contributed by atoms with Gasteiger partial charge < -0.3 is 20.1 Å². The number of nitrogens with zero attached hydrogens (tertiary/aromatic N) is 4. The average molecular weight is 535 g/mol. The van der Waals surface area contributed by atoms with Gasteiger partial charge >= 0.3 is 11.9 Å². The maximum absolute atomic E-state index is 14.5. The van der Waals surface area contributed by atoms with E-state index in [1.807, 2.05) is 0 Å². The highest BCUT2D eigenvalue weighted by Gasteiger charge is 2.15. The van der Waals surface area contributed by atoms with Crippen molar-refractivity contribution in [1.82, 2.24) is 9.97 Å². The summed E-state index contributed by atoms with van der Waals surface area (Å²) >= 11 is 0. The summed E-state index contributed by atoms with van der Waals surface area (Å²) in [6, 6.07) is 13.6. The van der Waals surface area contributed by atoms with E-state index in [9.17, 15) is 14.0 Å². The summed E-state index contributed by atoms with van der Waals surface area (Å²) in [5, 5.41) is 5.89. The largest absolute Gasteiger partial charge is 0.456 e. The minimum absolute atomic E-state index is 0.0696. The Morgan fingerprint density at radius 3 is 1.79 bits per heavy atom. The van der Waals surface area contributed by atoms with Crippen LogP contribution in [0.15, 0.2) is 64.7 Å². The van der Waals surface area contributed by atoms with Gasteiger partial charge in [0.05, 0.1) is 17.6 Å². The summed E-state index contributed by atoms with van der Waals surface area (Å²) < 4.78 is 24.9. The highest BCUT2D eigenvalue weighted by Crippen LogP contribution is 2.25. The molecule has 39 heavy (non-hydrogen) atoms. The lowest BCUT2D eigenvalue weighted by Crippen LogP contribution is -2.24. The molecule has 0 saturated heterocycles. The van der Waals surface area contributed by atoms with Gasteiger partial charge in [-0.25, -0.2) is 28.9 Å². The van der Waals surface area contributed by atoms with E-state index in [0.29, 0.717) is 22.7 Å². The summed E-state index contributed by atoms with van der Waals surface area (Å²) in [7, 11) is 0. The summed E-state index contributed by atoms with van der Waals surface area (Å²) in [4.78, 5) is 40.2. The normalized spacial score (nSPS) is 12.0. The van der Waals surface area contributed by atoms with Crippen LogP contribution in [0.1, 0.15) is 41.5 Å². The summed E-state index contributed by atoms with van der Waals surface area (Å²) in [6.45, 7) is 10.6. The first kappa shape index (κ1) is 28.9. The van der Waals surface area contributed by atoms with Crippen molar-refractivity contribution in [3.05, 3.63) is 60.5 Å². The molecule has 0 aliphatic heterocycles. The van der Waals surface area contributed by atoms with Crippen LogP contribution in [0, 0.1) is 5.82 Å². The molecule has 0 aliphatic carbocycles. The number of esters is 2. The molecule has 0 unspecified atom stereocenters. The molecule has 10 nitrogen and oxygen atoms in total. The minimum atomic E-state index is -0.668. The summed E-state index contributed by atoms with van der Waals surface area (Å²) in [5.41, 5.74) is 0.780. The van der Waals surface area contributed by atoms with E-state index in [0.717, 1.165) is 18.6 Å². The number of hydrogen-bond acceptors (Lipinski definition) is 10. The first-order chi connectivity index (χ1) is 18.3. The number of hydrogen-bond donors (Lipinski definition) is 2. The van der Waals surface area contributed by atoms with E-state index < -0.39 is 29.0 Å². The van der Waals surface area contributed by atoms with Crippen molar-refractivity contribution in [3.8, 4) is 0 Å². The zero-order chi connectivity index (χ0) is 28.6. The molecule has 0 bridgehead atoms. The van der Waals surface area contributed by atoms with Crippen molar-refractivity contribution < 1.29 is 23.5 Å². The fourth-order valence-corrected chi connectivity index (χ4v) is 3.02. The van der Waals surface area contributed by atoms with Crippen molar-refractivity contribution in [2.75, 3.05) is 10.6 Å². The first-order valence-electron chi connectivity index (χ1n) is 12.1. The molecule has 0 amide bonds. The Bertz CT molecular complexity index is 1390. The number of carbonyl (C=O) groups excluding carboxylic acids is 2. The zero-order valence-corrected chi connectivity index (χ0v) is 22.7. The molecule has 1 heterocycles. The van der Waals surface area contributed by atoms with Crippen molar-refractivity contribution in [1.29, 1.82) is 0 Å². The molecule has 0 spiro atoms. The van der Waals surface area contributed by atoms with Gasteiger partial charge in [0.25, 0.3) is 0 Å². The molecular formula is C28H31FN6O4. The van der Waals surface area contributed by atoms with E-state index in [-0.39, 0.29) is 11.8 Å². The van der Waals surface area contributed by atoms with Crippen LogP contribution in [0.3, 0.4) is 0 Å². The summed E-state index contributed by atoms with van der Waals surface area (Å²) in [5.74, 6) is -1.74. The Labute approximate surface area is 226 Å². The molecule has 0 radical (unpaired) electrons. The number of halogens is 1. The third-order valence-corrected chi connectivity index (χ3v) is 4.41. The maximum atomic E-state index is 14.5. The van der Waals surface area contributed by atoms with Crippen LogP contribution >= 0.6 is 0 Å². The molecule has 1 aromatic heterocycles. The topological polar surface area (TPSA) is 127 Å². The minimum Gasteiger partial charge on any atom is -0.456 e. The molecular weight excluding hydrogens is 503 g/mol. The molecule has 204 valence electrons. The second-order valence-electron chi connectivity index (χ2n) is 10.3. The van der Waals surface area contributed by atoms with E-state index in [4.69, 9.17) is 9.47 Å². The maximum Gasteiger partial charge on any atom is 0.349 e. The Morgan fingerprint density at radius 1 is 0.821 bits per heavy atom. The van der Waals surface area contributed by atoms with Crippen LogP contribution in [-0.2, 0) is 19.1 Å². The number of aliphatic imine (C=N–C) groups is 2. The molecule has 0 fully saturated rings. The lowest BCUT2D eigenvalue weighted by molar-refractivity contribution is -0.146. The van der Waals surface area contributed by atoms with Crippen LogP contribution in [-0.4, -0.2) is 45.5 Å². The predicted molar refractivity (Wildman–Crippen MR) is 149 cm³/mol. The predicted octanol–water partition coefficient (Wildman–Crippen LogP) is 6.19. The fourth-order valence-electron chi connectivity index (χ4n) is 3.02. The number of rotatable bonds is 8. The number of nitrogens with one attached hydrogen (secondary N) is 2. The SMILES string of the molecule is CC(C)(C)OC(=O)/C=N/c1cccc(Nc2ncc(F)c(Nc3cccc(/N=C/C(=O)OC(C)(C)C)c3)n2)c1. The quantitative estimate of drug-likeness (QED) is 0.259. The van der Waals surface area contributed by atoms with Crippen molar-refractivity contribution in [3.63, 3.8) is 0 Å². The van der Waals surface area contributed by atoms with Crippen molar-refractivity contribution in [2.45, 2.75) is 52.7 Å². The van der Waals surface area contributed by atoms with Gasteiger partial charge in [-0.15, -0.1) is 0 Å². The van der Waals surface area contributed by atoms with Crippen LogP contribution in [0.2, 0.25) is 0 Å². The fraction of sp³-hybridized carbons (Fsp3) is 0.286. The average Bonchev–Trinajstić information content (AvgIpc) is 2.82.